The van der Waals surface area contributed by atoms with Crippen molar-refractivity contribution in [3.8, 4) is 0 Å². The van der Waals surface area contributed by atoms with E-state index in [4.69, 9.17) is 9.90 Å². The Kier molecular flexibility index (Phi) is 12.3. The van der Waals surface area contributed by atoms with Crippen molar-refractivity contribution < 1.29 is 22.8 Å². The number of carbonyl (C=O) groups is 1. The van der Waals surface area contributed by atoms with Crippen LogP contribution in [0.2, 0.25) is 0 Å². The van der Waals surface area contributed by atoms with Crippen molar-refractivity contribution in [3.63, 3.8) is 0 Å². The standard InChI is InChI=1S/CH2O2.BF3/c2-1-3;2-1(3)4/h1H,(H,2,3);. The van der Waals surface area contributed by atoms with E-state index in [2.05, 4.69) is 0 Å². The van der Waals surface area contributed by atoms with Crippen LogP contribution in [-0.4, -0.2) is 19.1 Å². The molecule has 0 bridgehead atoms. The Morgan fingerprint density at radius 2 is 1.43 bits per heavy atom. The van der Waals surface area contributed by atoms with E-state index in [1.54, 1.807) is 0 Å². The molecule has 0 aromatic rings. The van der Waals surface area contributed by atoms with Gasteiger partial charge >= 0.3 is 7.54 Å². The Hall–Kier alpha value is -0.675. The Labute approximate surface area is 38.2 Å². The van der Waals surface area contributed by atoms with Gasteiger partial charge in [-0.25, -0.2) is 0 Å². The van der Waals surface area contributed by atoms with Crippen molar-refractivity contribution in [1.29, 1.82) is 0 Å². The molecular weight excluding hydrogens is 112 g/mol. The van der Waals surface area contributed by atoms with Crippen LogP contribution in [-0.2, 0) is 4.79 Å². The Morgan fingerprint density at radius 3 is 1.43 bits per heavy atom. The summed E-state index contributed by atoms with van der Waals surface area (Å²) in [5.74, 6) is 0. The molecule has 0 spiro atoms. The maximum Gasteiger partial charge on any atom is 0.762 e. The van der Waals surface area contributed by atoms with E-state index >= 15 is 0 Å². The molecule has 7 heavy (non-hydrogen) atoms. The molecule has 0 aliphatic heterocycles. The van der Waals surface area contributed by atoms with Gasteiger partial charge in [-0.2, -0.15) is 0 Å². The predicted molar refractivity (Wildman–Crippen MR) is 17.8 cm³/mol. The van der Waals surface area contributed by atoms with Gasteiger partial charge in [-0.15, -0.1) is 0 Å². The first-order valence-electron chi connectivity index (χ1n) is 1.15. The lowest BCUT2D eigenvalue weighted by molar-refractivity contribution is -0.122. The molecule has 0 fully saturated rings. The zero-order valence-corrected chi connectivity index (χ0v) is 3.14. The average molecular weight is 114 g/mol. The topological polar surface area (TPSA) is 37.3 Å². The molecule has 6 heteroatoms. The van der Waals surface area contributed by atoms with Crippen LogP contribution in [0.3, 0.4) is 0 Å². The lowest BCUT2D eigenvalue weighted by Crippen LogP contribution is -1.76. The Morgan fingerprint density at radius 1 is 1.43 bits per heavy atom. The molecule has 0 aromatic heterocycles. The van der Waals surface area contributed by atoms with E-state index in [1.165, 1.54) is 0 Å². The largest absolute Gasteiger partial charge is 0.762 e. The van der Waals surface area contributed by atoms with Gasteiger partial charge in [0.15, 0.2) is 0 Å². The minimum Gasteiger partial charge on any atom is -0.483 e. The van der Waals surface area contributed by atoms with Crippen LogP contribution in [0, 0.1) is 0 Å². The van der Waals surface area contributed by atoms with E-state index in [-0.39, 0.29) is 6.47 Å². The molecule has 0 aliphatic carbocycles. The number of hydrogen-bond acceptors (Lipinski definition) is 1. The third-order valence-electron chi connectivity index (χ3n) is 0. The lowest BCUT2D eigenvalue weighted by atomic mass is 10.5. The molecule has 1 N–H and O–H groups in total. The highest BCUT2D eigenvalue weighted by Crippen LogP contribution is 1.80. The quantitative estimate of drug-likeness (QED) is 0.369. The third kappa shape index (κ3) is 129. The summed E-state index contributed by atoms with van der Waals surface area (Å²) in [6.07, 6.45) is 0. The SMILES string of the molecule is FB(F)F.O=CO. The van der Waals surface area contributed by atoms with E-state index in [0.29, 0.717) is 0 Å². The van der Waals surface area contributed by atoms with Gasteiger partial charge < -0.3 is 5.11 Å². The second kappa shape index (κ2) is 9.01. The van der Waals surface area contributed by atoms with Crippen molar-refractivity contribution in [2.45, 2.75) is 0 Å². The fourth-order valence-corrected chi connectivity index (χ4v) is 0. The van der Waals surface area contributed by atoms with Gasteiger partial charge in [0, 0.05) is 0 Å². The smallest absolute Gasteiger partial charge is 0.483 e. The van der Waals surface area contributed by atoms with Crippen LogP contribution >= 0.6 is 0 Å². The minimum atomic E-state index is -3.67. The fourth-order valence-electron chi connectivity index (χ4n) is 0. The molecule has 42 valence electrons. The maximum absolute atomic E-state index is 9.67. The van der Waals surface area contributed by atoms with Crippen LogP contribution < -0.4 is 0 Å². The predicted octanol–water partition coefficient (Wildman–Crippen LogP) is 0.581. The normalized spacial score (nSPS) is 5.57. The van der Waals surface area contributed by atoms with Gasteiger partial charge in [0.05, 0.1) is 0 Å². The maximum atomic E-state index is 9.67. The number of halogens is 3. The highest BCUT2D eigenvalue weighted by atomic mass is 19.4. The molecule has 0 amide bonds. The molecular formula is CH2BF3O2. The van der Waals surface area contributed by atoms with Crippen molar-refractivity contribution >= 4 is 14.0 Å². The van der Waals surface area contributed by atoms with Gasteiger partial charge in [-0.05, 0) is 0 Å². The summed E-state index contributed by atoms with van der Waals surface area (Å²) in [5.41, 5.74) is 0. The van der Waals surface area contributed by atoms with Crippen LogP contribution in [0.15, 0.2) is 0 Å². The summed E-state index contributed by atoms with van der Waals surface area (Å²) < 4.78 is 29.0. The summed E-state index contributed by atoms with van der Waals surface area (Å²) in [6, 6.07) is 0. The van der Waals surface area contributed by atoms with Gasteiger partial charge in [0.1, 0.15) is 0 Å². The van der Waals surface area contributed by atoms with Crippen LogP contribution in [0.5, 0.6) is 0 Å². The highest BCUT2D eigenvalue weighted by Gasteiger charge is 2.06. The number of rotatable bonds is 0. The summed E-state index contributed by atoms with van der Waals surface area (Å²) >= 11 is 0. The molecule has 0 aromatic carbocycles. The molecule has 0 rings (SSSR count). The number of carboxylic acid groups (broad SMARTS) is 1. The number of hydrogen-bond donors (Lipinski definition) is 1. The zero-order valence-electron chi connectivity index (χ0n) is 3.14. The molecule has 0 atom stereocenters. The van der Waals surface area contributed by atoms with E-state index in [9.17, 15) is 12.9 Å². The summed E-state index contributed by atoms with van der Waals surface area (Å²) in [4.78, 5) is 8.36. The van der Waals surface area contributed by atoms with Crippen LogP contribution in [0.4, 0.5) is 12.9 Å². The highest BCUT2D eigenvalue weighted by molar-refractivity contribution is 6.33. The zero-order chi connectivity index (χ0) is 6.28. The first kappa shape index (κ1) is 9.59. The second-order valence-corrected chi connectivity index (χ2v) is 0.353. The van der Waals surface area contributed by atoms with Crippen LogP contribution in [0.1, 0.15) is 0 Å². The molecule has 2 nitrogen and oxygen atoms in total. The van der Waals surface area contributed by atoms with Crippen molar-refractivity contribution in [2.75, 3.05) is 0 Å². The lowest BCUT2D eigenvalue weighted by Gasteiger charge is -1.55. The Balaban J connectivity index is 0. The summed E-state index contributed by atoms with van der Waals surface area (Å²) in [7, 11) is -3.67. The molecule has 0 radical (unpaired) electrons. The molecule has 0 saturated heterocycles. The summed E-state index contributed by atoms with van der Waals surface area (Å²) in [5, 5.41) is 6.89. The summed E-state index contributed by atoms with van der Waals surface area (Å²) in [6.45, 7) is -0.250. The van der Waals surface area contributed by atoms with Crippen molar-refractivity contribution in [2.24, 2.45) is 0 Å². The average Bonchev–Trinajstić information content (AvgIpc) is 1.33. The molecule has 0 heterocycles. The monoisotopic (exact) mass is 114 g/mol. The fraction of sp³-hybridized carbons (Fsp3) is 0. The first-order valence-corrected chi connectivity index (χ1v) is 1.15. The minimum absolute atomic E-state index is 0.250. The second-order valence-electron chi connectivity index (χ2n) is 0.353. The van der Waals surface area contributed by atoms with E-state index in [1.807, 2.05) is 0 Å². The Bertz CT molecular complexity index is 37.2. The first-order chi connectivity index (χ1) is 3.15. The van der Waals surface area contributed by atoms with Crippen molar-refractivity contribution in [1.82, 2.24) is 0 Å². The molecule has 0 saturated carbocycles. The van der Waals surface area contributed by atoms with Gasteiger partial charge in [-0.3, -0.25) is 17.7 Å². The van der Waals surface area contributed by atoms with Crippen LogP contribution in [0.25, 0.3) is 0 Å². The molecule has 0 aliphatic rings. The van der Waals surface area contributed by atoms with E-state index < -0.39 is 7.54 Å². The van der Waals surface area contributed by atoms with Gasteiger partial charge in [0.2, 0.25) is 0 Å². The third-order valence-corrected chi connectivity index (χ3v) is 0. The molecule has 0 unspecified atom stereocenters. The van der Waals surface area contributed by atoms with E-state index in [0.717, 1.165) is 0 Å². The van der Waals surface area contributed by atoms with Gasteiger partial charge in [0.25, 0.3) is 6.47 Å². The van der Waals surface area contributed by atoms with Gasteiger partial charge in [-0.1, -0.05) is 0 Å². The van der Waals surface area contributed by atoms with Crippen molar-refractivity contribution in [3.05, 3.63) is 0 Å².